The molecule has 1 aromatic rings. The first-order chi connectivity index (χ1) is 10.3. The van der Waals surface area contributed by atoms with E-state index in [4.69, 9.17) is 14.2 Å². The molecular formula is C16H21NO4. The molecule has 2 heterocycles. The van der Waals surface area contributed by atoms with Crippen LogP contribution in [-0.2, 0) is 16.0 Å². The number of carbonyl (C=O) groups excluding carboxylic acids is 1. The van der Waals surface area contributed by atoms with Gasteiger partial charge in [-0.15, -0.1) is 0 Å². The molecule has 114 valence electrons. The Morgan fingerprint density at radius 1 is 1.38 bits per heavy atom. The Balaban J connectivity index is 1.70. The van der Waals surface area contributed by atoms with Crippen molar-refractivity contribution in [2.24, 2.45) is 5.92 Å². The Kier molecular flexibility index (Phi) is 4.29. The Morgan fingerprint density at radius 3 is 3.10 bits per heavy atom. The maximum Gasteiger partial charge on any atom is 0.310 e. The zero-order valence-corrected chi connectivity index (χ0v) is 12.3. The molecule has 1 saturated heterocycles. The molecule has 2 unspecified atom stereocenters. The van der Waals surface area contributed by atoms with Crippen LogP contribution in [0.3, 0.4) is 0 Å². The third-order valence-corrected chi connectivity index (χ3v) is 4.07. The Bertz CT molecular complexity index is 517. The number of ether oxygens (including phenoxy) is 3. The van der Waals surface area contributed by atoms with Crippen LogP contribution < -0.4 is 14.8 Å². The largest absolute Gasteiger partial charge is 0.466 e. The number of esters is 1. The summed E-state index contributed by atoms with van der Waals surface area (Å²) in [6.45, 7) is 3.52. The van der Waals surface area contributed by atoms with Crippen molar-refractivity contribution in [3.63, 3.8) is 0 Å². The van der Waals surface area contributed by atoms with Gasteiger partial charge < -0.3 is 19.5 Å². The van der Waals surface area contributed by atoms with Gasteiger partial charge in [-0.1, -0.05) is 6.07 Å². The Labute approximate surface area is 124 Å². The summed E-state index contributed by atoms with van der Waals surface area (Å²) in [6, 6.07) is 6.09. The van der Waals surface area contributed by atoms with Crippen molar-refractivity contribution in [1.29, 1.82) is 0 Å². The second-order valence-corrected chi connectivity index (χ2v) is 5.45. The summed E-state index contributed by atoms with van der Waals surface area (Å²) in [6.07, 6.45) is 2.70. The van der Waals surface area contributed by atoms with Crippen LogP contribution in [0.4, 0.5) is 0 Å². The summed E-state index contributed by atoms with van der Waals surface area (Å²) in [5, 5.41) is 3.45. The number of fused-ring (bicyclic) bond motifs is 1. The smallest absolute Gasteiger partial charge is 0.310 e. The van der Waals surface area contributed by atoms with Crippen molar-refractivity contribution < 1.29 is 19.0 Å². The maximum atomic E-state index is 12.1. The molecule has 0 saturated carbocycles. The van der Waals surface area contributed by atoms with Crippen LogP contribution >= 0.6 is 0 Å². The predicted octanol–water partition coefficient (Wildman–Crippen LogP) is 1.89. The van der Waals surface area contributed by atoms with Gasteiger partial charge in [0.05, 0.1) is 12.5 Å². The fourth-order valence-corrected chi connectivity index (χ4v) is 3.02. The number of carbonyl (C=O) groups is 1. The van der Waals surface area contributed by atoms with Crippen molar-refractivity contribution in [2.75, 3.05) is 19.9 Å². The highest BCUT2D eigenvalue weighted by molar-refractivity contribution is 5.73. The van der Waals surface area contributed by atoms with Gasteiger partial charge in [0.25, 0.3) is 0 Å². The van der Waals surface area contributed by atoms with Crippen molar-refractivity contribution in [3.8, 4) is 11.5 Å². The number of nitrogens with one attached hydrogen (secondary N) is 1. The second kappa shape index (κ2) is 6.35. The van der Waals surface area contributed by atoms with Gasteiger partial charge >= 0.3 is 5.97 Å². The number of piperidine rings is 1. The molecule has 1 fully saturated rings. The molecule has 0 aromatic heterocycles. The van der Waals surface area contributed by atoms with E-state index >= 15 is 0 Å². The van der Waals surface area contributed by atoms with Gasteiger partial charge in [0.1, 0.15) is 0 Å². The molecule has 2 aliphatic rings. The third-order valence-electron chi connectivity index (χ3n) is 4.07. The highest BCUT2D eigenvalue weighted by Gasteiger charge is 2.32. The average Bonchev–Trinajstić information content (AvgIpc) is 2.95. The van der Waals surface area contributed by atoms with E-state index in [1.807, 2.05) is 25.1 Å². The van der Waals surface area contributed by atoms with Crippen LogP contribution in [-0.4, -0.2) is 32.0 Å². The van der Waals surface area contributed by atoms with Crippen molar-refractivity contribution in [2.45, 2.75) is 32.2 Å². The maximum absolute atomic E-state index is 12.1. The predicted molar refractivity (Wildman–Crippen MR) is 77.4 cm³/mol. The monoisotopic (exact) mass is 291 g/mol. The minimum atomic E-state index is -0.0876. The Morgan fingerprint density at radius 2 is 2.24 bits per heavy atom. The average molecular weight is 291 g/mol. The van der Waals surface area contributed by atoms with Crippen LogP contribution in [0.2, 0.25) is 0 Å². The van der Waals surface area contributed by atoms with E-state index in [0.717, 1.165) is 42.9 Å². The lowest BCUT2D eigenvalue weighted by atomic mass is 9.87. The topological polar surface area (TPSA) is 56.8 Å². The van der Waals surface area contributed by atoms with Crippen molar-refractivity contribution in [3.05, 3.63) is 23.8 Å². The van der Waals surface area contributed by atoms with E-state index in [0.29, 0.717) is 6.61 Å². The third kappa shape index (κ3) is 3.13. The lowest BCUT2D eigenvalue weighted by Gasteiger charge is -2.31. The lowest BCUT2D eigenvalue weighted by Crippen LogP contribution is -2.46. The molecule has 0 bridgehead atoms. The number of benzene rings is 1. The summed E-state index contributed by atoms with van der Waals surface area (Å²) >= 11 is 0. The number of hydrogen-bond donors (Lipinski definition) is 1. The molecule has 0 amide bonds. The molecule has 2 aliphatic heterocycles. The molecule has 21 heavy (non-hydrogen) atoms. The second-order valence-electron chi connectivity index (χ2n) is 5.45. The zero-order chi connectivity index (χ0) is 14.7. The van der Waals surface area contributed by atoms with Gasteiger partial charge in [-0.3, -0.25) is 4.79 Å². The van der Waals surface area contributed by atoms with E-state index in [1.54, 1.807) is 0 Å². The van der Waals surface area contributed by atoms with Crippen molar-refractivity contribution >= 4 is 5.97 Å². The molecule has 0 aliphatic carbocycles. The zero-order valence-electron chi connectivity index (χ0n) is 12.3. The molecule has 5 heteroatoms. The SMILES string of the molecule is CCOC(=O)C1CCCNC1Cc1ccc2c(c1)OCO2. The minimum absolute atomic E-state index is 0.0656. The molecule has 0 radical (unpaired) electrons. The molecule has 1 aromatic carbocycles. The Hall–Kier alpha value is -1.75. The highest BCUT2D eigenvalue weighted by atomic mass is 16.7. The summed E-state index contributed by atoms with van der Waals surface area (Å²) in [5.41, 5.74) is 1.15. The quantitative estimate of drug-likeness (QED) is 0.859. The van der Waals surface area contributed by atoms with Gasteiger partial charge in [0.2, 0.25) is 6.79 Å². The van der Waals surface area contributed by atoms with Crippen LogP contribution in [0.5, 0.6) is 11.5 Å². The molecule has 0 spiro atoms. The molecule has 2 atom stereocenters. The van der Waals surface area contributed by atoms with Crippen LogP contribution in [0, 0.1) is 5.92 Å². The summed E-state index contributed by atoms with van der Waals surface area (Å²) in [5.74, 6) is 1.42. The van der Waals surface area contributed by atoms with Gasteiger partial charge in [-0.25, -0.2) is 0 Å². The first kappa shape index (κ1) is 14.2. The minimum Gasteiger partial charge on any atom is -0.466 e. The van der Waals surface area contributed by atoms with Gasteiger partial charge in [0, 0.05) is 6.04 Å². The number of hydrogen-bond acceptors (Lipinski definition) is 5. The van der Waals surface area contributed by atoms with Gasteiger partial charge in [0.15, 0.2) is 11.5 Å². The molecule has 3 rings (SSSR count). The summed E-state index contributed by atoms with van der Waals surface area (Å²) < 4.78 is 15.9. The first-order valence-corrected chi connectivity index (χ1v) is 7.56. The molecular weight excluding hydrogens is 270 g/mol. The highest BCUT2D eigenvalue weighted by Crippen LogP contribution is 2.33. The first-order valence-electron chi connectivity index (χ1n) is 7.56. The fraction of sp³-hybridized carbons (Fsp3) is 0.562. The van der Waals surface area contributed by atoms with Gasteiger partial charge in [-0.2, -0.15) is 0 Å². The van der Waals surface area contributed by atoms with Crippen molar-refractivity contribution in [1.82, 2.24) is 5.32 Å². The van der Waals surface area contributed by atoms with Crippen LogP contribution in [0.25, 0.3) is 0 Å². The summed E-state index contributed by atoms with van der Waals surface area (Å²) in [7, 11) is 0. The molecule has 1 N–H and O–H groups in total. The standard InChI is InChI=1S/C16H21NO4/c1-2-19-16(18)12-4-3-7-17-13(12)8-11-5-6-14-15(9-11)21-10-20-14/h5-6,9,12-13,17H,2-4,7-8,10H2,1H3. The van der Waals surface area contributed by atoms with E-state index < -0.39 is 0 Å². The van der Waals surface area contributed by atoms with E-state index in [2.05, 4.69) is 5.32 Å². The van der Waals surface area contributed by atoms with E-state index in [1.165, 1.54) is 0 Å². The number of rotatable bonds is 4. The lowest BCUT2D eigenvalue weighted by molar-refractivity contribution is -0.150. The van der Waals surface area contributed by atoms with Crippen LogP contribution in [0.15, 0.2) is 18.2 Å². The molecule has 5 nitrogen and oxygen atoms in total. The van der Waals surface area contributed by atoms with Gasteiger partial charge in [-0.05, 0) is 50.4 Å². The van der Waals surface area contributed by atoms with Crippen LogP contribution in [0.1, 0.15) is 25.3 Å². The summed E-state index contributed by atoms with van der Waals surface area (Å²) in [4.78, 5) is 12.1. The van der Waals surface area contributed by atoms with E-state index in [9.17, 15) is 4.79 Å². The van der Waals surface area contributed by atoms with E-state index in [-0.39, 0.29) is 24.7 Å². The normalized spacial score (nSPS) is 23.9. The fourth-order valence-electron chi connectivity index (χ4n) is 3.02.